The van der Waals surface area contributed by atoms with Crippen LogP contribution in [0.4, 0.5) is 10.1 Å². The van der Waals surface area contributed by atoms with Gasteiger partial charge in [0.05, 0.1) is 5.69 Å². The summed E-state index contributed by atoms with van der Waals surface area (Å²) in [5.41, 5.74) is 1.87. The van der Waals surface area contributed by atoms with Crippen molar-refractivity contribution in [2.45, 2.75) is 78.6 Å². The number of piperidine rings is 1. The van der Waals surface area contributed by atoms with E-state index >= 15 is 0 Å². The van der Waals surface area contributed by atoms with Crippen molar-refractivity contribution in [3.05, 3.63) is 29.6 Å². The van der Waals surface area contributed by atoms with Crippen LogP contribution in [-0.2, 0) is 5.41 Å². The lowest BCUT2D eigenvalue weighted by atomic mass is 9.79. The highest BCUT2D eigenvalue weighted by atomic mass is 19.1. The van der Waals surface area contributed by atoms with Crippen molar-refractivity contribution in [3.63, 3.8) is 0 Å². The third kappa shape index (κ3) is 4.74. The predicted molar refractivity (Wildman–Crippen MR) is 103 cm³/mol. The SMILES string of the molecule is CCCC(CCC)C1CCN(c2ccc(C(C)(C)C)cc2F)CC1. The maximum atomic E-state index is 14.6. The fourth-order valence-electron chi connectivity index (χ4n) is 4.20. The van der Waals surface area contributed by atoms with E-state index in [-0.39, 0.29) is 11.2 Å². The summed E-state index contributed by atoms with van der Waals surface area (Å²) in [6.45, 7) is 13.0. The normalized spacial score (nSPS) is 16.9. The molecule has 1 saturated heterocycles. The lowest BCUT2D eigenvalue weighted by Gasteiger charge is -2.37. The maximum absolute atomic E-state index is 14.6. The van der Waals surface area contributed by atoms with Crippen molar-refractivity contribution >= 4 is 5.69 Å². The molecule has 1 aromatic rings. The molecular formula is C22H36FN. The summed E-state index contributed by atoms with van der Waals surface area (Å²) in [6.07, 6.45) is 7.71. The van der Waals surface area contributed by atoms with Crippen LogP contribution in [-0.4, -0.2) is 13.1 Å². The summed E-state index contributed by atoms with van der Waals surface area (Å²) >= 11 is 0. The summed E-state index contributed by atoms with van der Waals surface area (Å²) < 4.78 is 14.6. The zero-order valence-electron chi connectivity index (χ0n) is 16.4. The summed E-state index contributed by atoms with van der Waals surface area (Å²) in [4.78, 5) is 2.26. The van der Waals surface area contributed by atoms with Gasteiger partial charge in [0.2, 0.25) is 0 Å². The van der Waals surface area contributed by atoms with Crippen LogP contribution in [0.1, 0.15) is 78.7 Å². The molecular weight excluding hydrogens is 297 g/mol. The van der Waals surface area contributed by atoms with Gasteiger partial charge in [0.15, 0.2) is 0 Å². The predicted octanol–water partition coefficient (Wildman–Crippen LogP) is 6.56. The highest BCUT2D eigenvalue weighted by molar-refractivity contribution is 5.50. The van der Waals surface area contributed by atoms with Crippen molar-refractivity contribution in [1.82, 2.24) is 0 Å². The zero-order chi connectivity index (χ0) is 17.7. The van der Waals surface area contributed by atoms with Crippen molar-refractivity contribution in [1.29, 1.82) is 0 Å². The molecule has 0 amide bonds. The van der Waals surface area contributed by atoms with Crippen LogP contribution in [0.2, 0.25) is 0 Å². The Hall–Kier alpha value is -1.05. The molecule has 1 nitrogen and oxygen atoms in total. The van der Waals surface area contributed by atoms with Crippen LogP contribution in [0.15, 0.2) is 18.2 Å². The number of halogens is 1. The molecule has 0 spiro atoms. The van der Waals surface area contributed by atoms with Gasteiger partial charge in [-0.3, -0.25) is 0 Å². The summed E-state index contributed by atoms with van der Waals surface area (Å²) in [5, 5.41) is 0. The topological polar surface area (TPSA) is 3.24 Å². The second-order valence-electron chi connectivity index (χ2n) is 8.58. The van der Waals surface area contributed by atoms with Gasteiger partial charge < -0.3 is 4.90 Å². The largest absolute Gasteiger partial charge is 0.369 e. The van der Waals surface area contributed by atoms with Gasteiger partial charge in [-0.2, -0.15) is 0 Å². The average Bonchev–Trinajstić information content (AvgIpc) is 2.54. The second-order valence-corrected chi connectivity index (χ2v) is 8.58. The third-order valence-corrected chi connectivity index (χ3v) is 5.68. The first-order valence-electron chi connectivity index (χ1n) is 9.91. The quantitative estimate of drug-likeness (QED) is 0.570. The van der Waals surface area contributed by atoms with Crippen LogP contribution in [0, 0.1) is 17.7 Å². The van der Waals surface area contributed by atoms with E-state index < -0.39 is 0 Å². The first kappa shape index (κ1) is 19.3. The number of hydrogen-bond acceptors (Lipinski definition) is 1. The maximum Gasteiger partial charge on any atom is 0.146 e. The molecule has 0 saturated carbocycles. The second kappa shape index (κ2) is 8.36. The summed E-state index contributed by atoms with van der Waals surface area (Å²) in [5.74, 6) is 1.65. The molecule has 0 N–H and O–H groups in total. The minimum atomic E-state index is -0.0560. The molecule has 1 aliphatic heterocycles. The molecule has 0 bridgehead atoms. The minimum Gasteiger partial charge on any atom is -0.369 e. The molecule has 0 aromatic heterocycles. The number of anilines is 1. The molecule has 2 rings (SSSR count). The molecule has 0 aliphatic carbocycles. The van der Waals surface area contributed by atoms with Gasteiger partial charge in [-0.15, -0.1) is 0 Å². The summed E-state index contributed by atoms with van der Waals surface area (Å²) in [7, 11) is 0. The Labute approximate surface area is 148 Å². The number of nitrogens with zero attached hydrogens (tertiary/aromatic N) is 1. The minimum absolute atomic E-state index is 0.000109. The smallest absolute Gasteiger partial charge is 0.146 e. The average molecular weight is 334 g/mol. The van der Waals surface area contributed by atoms with E-state index in [9.17, 15) is 4.39 Å². The molecule has 24 heavy (non-hydrogen) atoms. The Kier molecular flexibility index (Phi) is 6.71. The zero-order valence-corrected chi connectivity index (χ0v) is 16.4. The highest BCUT2D eigenvalue weighted by Gasteiger charge is 2.27. The van der Waals surface area contributed by atoms with E-state index in [1.807, 2.05) is 6.07 Å². The molecule has 1 heterocycles. The van der Waals surface area contributed by atoms with Crippen LogP contribution in [0.5, 0.6) is 0 Å². The monoisotopic (exact) mass is 333 g/mol. The Morgan fingerprint density at radius 1 is 1.08 bits per heavy atom. The lowest BCUT2D eigenvalue weighted by molar-refractivity contribution is 0.243. The van der Waals surface area contributed by atoms with E-state index in [0.717, 1.165) is 36.2 Å². The van der Waals surface area contributed by atoms with E-state index in [1.165, 1.54) is 38.5 Å². The third-order valence-electron chi connectivity index (χ3n) is 5.68. The molecule has 1 aliphatic rings. The van der Waals surface area contributed by atoms with Gasteiger partial charge in [-0.25, -0.2) is 4.39 Å². The fraction of sp³-hybridized carbons (Fsp3) is 0.727. The van der Waals surface area contributed by atoms with Gasteiger partial charge in [0.1, 0.15) is 5.82 Å². The number of benzene rings is 1. The van der Waals surface area contributed by atoms with Crippen molar-refractivity contribution in [2.24, 2.45) is 11.8 Å². The van der Waals surface area contributed by atoms with Gasteiger partial charge in [-0.05, 0) is 47.8 Å². The Morgan fingerprint density at radius 2 is 1.67 bits per heavy atom. The molecule has 0 radical (unpaired) electrons. The van der Waals surface area contributed by atoms with Gasteiger partial charge >= 0.3 is 0 Å². The first-order chi connectivity index (χ1) is 11.4. The fourth-order valence-corrected chi connectivity index (χ4v) is 4.20. The van der Waals surface area contributed by atoms with Crippen LogP contribution in [0.25, 0.3) is 0 Å². The van der Waals surface area contributed by atoms with E-state index in [1.54, 1.807) is 6.07 Å². The number of hydrogen-bond donors (Lipinski definition) is 0. The Bertz CT molecular complexity index is 503. The molecule has 136 valence electrons. The Balaban J connectivity index is 2.01. The van der Waals surface area contributed by atoms with Crippen LogP contribution < -0.4 is 4.90 Å². The molecule has 1 aromatic carbocycles. The molecule has 0 unspecified atom stereocenters. The summed E-state index contributed by atoms with van der Waals surface area (Å²) in [6, 6.07) is 5.83. The van der Waals surface area contributed by atoms with Crippen molar-refractivity contribution in [3.8, 4) is 0 Å². The van der Waals surface area contributed by atoms with E-state index in [0.29, 0.717) is 0 Å². The lowest BCUT2D eigenvalue weighted by Crippen LogP contribution is -2.36. The van der Waals surface area contributed by atoms with E-state index in [2.05, 4.69) is 45.6 Å². The van der Waals surface area contributed by atoms with Gasteiger partial charge in [0, 0.05) is 13.1 Å². The van der Waals surface area contributed by atoms with Crippen LogP contribution in [0.3, 0.4) is 0 Å². The van der Waals surface area contributed by atoms with Crippen molar-refractivity contribution in [2.75, 3.05) is 18.0 Å². The first-order valence-corrected chi connectivity index (χ1v) is 9.91. The number of rotatable bonds is 6. The highest BCUT2D eigenvalue weighted by Crippen LogP contribution is 2.34. The molecule has 0 atom stereocenters. The molecule has 2 heteroatoms. The van der Waals surface area contributed by atoms with Gasteiger partial charge in [-0.1, -0.05) is 66.4 Å². The Morgan fingerprint density at radius 3 is 2.12 bits per heavy atom. The molecule has 1 fully saturated rings. The van der Waals surface area contributed by atoms with Gasteiger partial charge in [0.25, 0.3) is 0 Å². The van der Waals surface area contributed by atoms with E-state index in [4.69, 9.17) is 0 Å². The van der Waals surface area contributed by atoms with Crippen molar-refractivity contribution < 1.29 is 4.39 Å². The standard InChI is InChI=1S/C22H36FN/c1-6-8-17(9-7-2)18-12-14-24(15-13-18)21-11-10-19(16-20(21)23)22(3,4)5/h10-11,16-18H,6-9,12-15H2,1-5H3. The van der Waals surface area contributed by atoms with Crippen LogP contribution >= 0.6 is 0 Å².